The molecule has 0 unspecified atom stereocenters. The van der Waals surface area contributed by atoms with Gasteiger partial charge in [-0.05, 0) is 55.3 Å². The van der Waals surface area contributed by atoms with Crippen molar-refractivity contribution in [1.29, 1.82) is 0 Å². The van der Waals surface area contributed by atoms with E-state index in [4.69, 9.17) is 16.3 Å². The molecule has 0 heterocycles. The van der Waals surface area contributed by atoms with Crippen LogP contribution in [-0.4, -0.2) is 15.5 Å². The molecule has 0 amide bonds. The van der Waals surface area contributed by atoms with Crippen molar-refractivity contribution in [2.45, 2.75) is 18.7 Å². The molecule has 2 aromatic rings. The average Bonchev–Trinajstić information content (AvgIpc) is 2.36. The fraction of sp³-hybridized carbons (Fsp3) is 0.200. The molecule has 0 saturated heterocycles. The van der Waals surface area contributed by atoms with Crippen LogP contribution in [0.5, 0.6) is 5.75 Å². The third kappa shape index (κ3) is 3.68. The number of hydrogen-bond donors (Lipinski definition) is 1. The zero-order valence-electron chi connectivity index (χ0n) is 12.0. The monoisotopic (exact) mass is 325 g/mol. The number of benzene rings is 2. The van der Waals surface area contributed by atoms with Gasteiger partial charge in [0.15, 0.2) is 0 Å². The van der Waals surface area contributed by atoms with Crippen LogP contribution in [0.25, 0.3) is 0 Å². The first-order chi connectivity index (χ1) is 9.81. The molecule has 0 bridgehead atoms. The van der Waals surface area contributed by atoms with Gasteiger partial charge in [-0.1, -0.05) is 17.7 Å². The summed E-state index contributed by atoms with van der Waals surface area (Å²) in [6, 6.07) is 9.97. The Morgan fingerprint density at radius 3 is 2.24 bits per heavy atom. The Balaban J connectivity index is 2.45. The second-order valence-corrected chi connectivity index (χ2v) is 6.86. The van der Waals surface area contributed by atoms with Gasteiger partial charge < -0.3 is 4.74 Å². The first-order valence-corrected chi connectivity index (χ1v) is 8.12. The van der Waals surface area contributed by atoms with Crippen molar-refractivity contribution < 1.29 is 13.2 Å². The highest BCUT2D eigenvalue weighted by molar-refractivity contribution is 7.92. The molecule has 0 aromatic heterocycles. The van der Waals surface area contributed by atoms with Crippen molar-refractivity contribution in [3.05, 3.63) is 52.5 Å². The van der Waals surface area contributed by atoms with Crippen LogP contribution in [0, 0.1) is 13.8 Å². The molecule has 0 aliphatic rings. The maximum atomic E-state index is 12.5. The molecule has 0 aliphatic carbocycles. The molecule has 0 saturated carbocycles. The molecule has 0 spiro atoms. The topological polar surface area (TPSA) is 55.4 Å². The van der Waals surface area contributed by atoms with Crippen molar-refractivity contribution in [3.8, 4) is 5.75 Å². The van der Waals surface area contributed by atoms with Crippen molar-refractivity contribution in [2.75, 3.05) is 11.8 Å². The Bertz CT molecular complexity index is 752. The number of halogens is 1. The number of sulfonamides is 1. The van der Waals surface area contributed by atoms with E-state index >= 15 is 0 Å². The smallest absolute Gasteiger partial charge is 0.265 e. The van der Waals surface area contributed by atoms with Gasteiger partial charge in [0, 0.05) is 10.7 Å². The van der Waals surface area contributed by atoms with Gasteiger partial charge in [-0.25, -0.2) is 8.42 Å². The van der Waals surface area contributed by atoms with E-state index in [2.05, 4.69) is 4.72 Å². The minimum absolute atomic E-state index is 0.0108. The molecule has 0 fully saturated rings. The minimum Gasteiger partial charge on any atom is -0.495 e. The zero-order chi connectivity index (χ0) is 15.6. The van der Waals surface area contributed by atoms with E-state index in [9.17, 15) is 8.42 Å². The summed E-state index contributed by atoms with van der Waals surface area (Å²) in [6.07, 6.45) is 0. The zero-order valence-corrected chi connectivity index (χ0v) is 13.5. The second kappa shape index (κ2) is 5.95. The summed E-state index contributed by atoms with van der Waals surface area (Å²) in [7, 11) is -2.36. The molecule has 112 valence electrons. The average molecular weight is 326 g/mol. The molecular weight excluding hydrogens is 310 g/mol. The maximum Gasteiger partial charge on any atom is 0.265 e. The molecule has 2 aromatic carbocycles. The summed E-state index contributed by atoms with van der Waals surface area (Å²) < 4.78 is 32.7. The predicted molar refractivity (Wildman–Crippen MR) is 84.7 cm³/mol. The molecule has 0 radical (unpaired) electrons. The standard InChI is InChI=1S/C15H16ClNO3S/c1-10-6-11(2)8-13(7-10)17-21(18,19)15-9-12(16)4-5-14(15)20-3/h4-9,17H,1-3H3. The van der Waals surface area contributed by atoms with E-state index in [-0.39, 0.29) is 10.6 Å². The Morgan fingerprint density at radius 2 is 1.67 bits per heavy atom. The molecule has 4 nitrogen and oxygen atoms in total. The van der Waals surface area contributed by atoms with Crippen LogP contribution in [0.2, 0.25) is 5.02 Å². The number of methoxy groups -OCH3 is 1. The molecular formula is C15H16ClNO3S. The largest absolute Gasteiger partial charge is 0.495 e. The third-order valence-corrected chi connectivity index (χ3v) is 4.53. The fourth-order valence-corrected chi connectivity index (χ4v) is 3.58. The van der Waals surface area contributed by atoms with Crippen LogP contribution in [0.15, 0.2) is 41.3 Å². The lowest BCUT2D eigenvalue weighted by Gasteiger charge is -2.13. The molecule has 0 atom stereocenters. The van der Waals surface area contributed by atoms with E-state index in [0.29, 0.717) is 10.7 Å². The van der Waals surface area contributed by atoms with Crippen molar-refractivity contribution in [1.82, 2.24) is 0 Å². The Morgan fingerprint density at radius 1 is 1.05 bits per heavy atom. The van der Waals surface area contributed by atoms with Gasteiger partial charge in [-0.15, -0.1) is 0 Å². The first kappa shape index (κ1) is 15.7. The highest BCUT2D eigenvalue weighted by Crippen LogP contribution is 2.29. The lowest BCUT2D eigenvalue weighted by Crippen LogP contribution is -2.14. The number of aryl methyl sites for hydroxylation is 2. The molecule has 2 rings (SSSR count). The van der Waals surface area contributed by atoms with Crippen LogP contribution >= 0.6 is 11.6 Å². The normalized spacial score (nSPS) is 11.2. The Labute approximate surface area is 129 Å². The molecule has 21 heavy (non-hydrogen) atoms. The quantitative estimate of drug-likeness (QED) is 0.931. The summed E-state index contributed by atoms with van der Waals surface area (Å²) in [4.78, 5) is 0.0108. The maximum absolute atomic E-state index is 12.5. The second-order valence-electron chi connectivity index (χ2n) is 4.78. The van der Waals surface area contributed by atoms with E-state index in [1.54, 1.807) is 18.2 Å². The lowest BCUT2D eigenvalue weighted by molar-refractivity contribution is 0.403. The Hall–Kier alpha value is -1.72. The fourth-order valence-electron chi connectivity index (χ4n) is 2.10. The van der Waals surface area contributed by atoms with Gasteiger partial charge >= 0.3 is 0 Å². The summed E-state index contributed by atoms with van der Waals surface area (Å²) >= 11 is 5.89. The lowest BCUT2D eigenvalue weighted by atomic mass is 10.1. The van der Waals surface area contributed by atoms with E-state index in [1.807, 2.05) is 19.9 Å². The van der Waals surface area contributed by atoms with Crippen molar-refractivity contribution >= 4 is 27.3 Å². The number of ether oxygens (including phenoxy) is 1. The van der Waals surface area contributed by atoms with Gasteiger partial charge in [-0.2, -0.15) is 0 Å². The van der Waals surface area contributed by atoms with Crippen LogP contribution in [-0.2, 0) is 10.0 Å². The van der Waals surface area contributed by atoms with E-state index in [1.165, 1.54) is 19.2 Å². The van der Waals surface area contributed by atoms with Gasteiger partial charge in [0.05, 0.1) is 7.11 Å². The van der Waals surface area contributed by atoms with Gasteiger partial charge in [-0.3, -0.25) is 4.72 Å². The predicted octanol–water partition coefficient (Wildman–Crippen LogP) is 3.77. The van der Waals surface area contributed by atoms with Crippen molar-refractivity contribution in [3.63, 3.8) is 0 Å². The van der Waals surface area contributed by atoms with Crippen molar-refractivity contribution in [2.24, 2.45) is 0 Å². The molecule has 1 N–H and O–H groups in total. The number of anilines is 1. The van der Waals surface area contributed by atoms with Crippen LogP contribution < -0.4 is 9.46 Å². The number of nitrogens with one attached hydrogen (secondary N) is 1. The molecule has 6 heteroatoms. The summed E-state index contributed by atoms with van der Waals surface area (Å²) in [5.74, 6) is 0.247. The summed E-state index contributed by atoms with van der Waals surface area (Å²) in [6.45, 7) is 3.82. The third-order valence-electron chi connectivity index (χ3n) is 2.89. The minimum atomic E-state index is -3.77. The highest BCUT2D eigenvalue weighted by atomic mass is 35.5. The highest BCUT2D eigenvalue weighted by Gasteiger charge is 2.20. The summed E-state index contributed by atoms with van der Waals surface area (Å²) in [5, 5.41) is 0.330. The van der Waals surface area contributed by atoms with Crippen LogP contribution in [0.3, 0.4) is 0 Å². The first-order valence-electron chi connectivity index (χ1n) is 6.26. The number of rotatable bonds is 4. The molecule has 0 aliphatic heterocycles. The Kier molecular flexibility index (Phi) is 4.44. The van der Waals surface area contributed by atoms with Gasteiger partial charge in [0.2, 0.25) is 0 Å². The van der Waals surface area contributed by atoms with Gasteiger partial charge in [0.1, 0.15) is 10.6 Å². The van der Waals surface area contributed by atoms with Crippen LogP contribution in [0.1, 0.15) is 11.1 Å². The van der Waals surface area contributed by atoms with Crippen LogP contribution in [0.4, 0.5) is 5.69 Å². The summed E-state index contributed by atoms with van der Waals surface area (Å²) in [5.41, 5.74) is 2.46. The van der Waals surface area contributed by atoms with E-state index < -0.39 is 10.0 Å². The van der Waals surface area contributed by atoms with Gasteiger partial charge in [0.25, 0.3) is 10.0 Å². The SMILES string of the molecule is COc1ccc(Cl)cc1S(=O)(=O)Nc1cc(C)cc(C)c1. The number of hydrogen-bond acceptors (Lipinski definition) is 3. The van der Waals surface area contributed by atoms with E-state index in [0.717, 1.165) is 11.1 Å².